The lowest BCUT2D eigenvalue weighted by atomic mass is 10.1. The summed E-state index contributed by atoms with van der Waals surface area (Å²) in [7, 11) is 0. The van der Waals surface area contributed by atoms with Crippen LogP contribution in [0.3, 0.4) is 0 Å². The Balaban J connectivity index is 1.84. The smallest absolute Gasteiger partial charge is 0.263 e. The van der Waals surface area contributed by atoms with E-state index in [-0.39, 0.29) is 23.1 Å². The van der Waals surface area contributed by atoms with Crippen molar-refractivity contribution in [2.75, 3.05) is 0 Å². The van der Waals surface area contributed by atoms with Crippen LogP contribution in [0.5, 0.6) is 5.75 Å². The molecule has 2 aromatic rings. The number of thiocarbonyl (C=S) groups is 1. The molecule has 1 fully saturated rings. The fraction of sp³-hybridized carbons (Fsp3) is 0.0556. The van der Waals surface area contributed by atoms with Gasteiger partial charge in [-0.15, -0.1) is 0 Å². The Morgan fingerprint density at radius 2 is 1.67 bits per heavy atom. The maximum atomic E-state index is 13.7. The van der Waals surface area contributed by atoms with Crippen molar-refractivity contribution < 1.29 is 18.7 Å². The predicted octanol–water partition coefficient (Wildman–Crippen LogP) is 3.84. The van der Waals surface area contributed by atoms with Crippen LogP contribution < -0.4 is 15.4 Å². The zero-order valence-corrected chi connectivity index (χ0v) is 17.5. The molecule has 1 heterocycles. The summed E-state index contributed by atoms with van der Waals surface area (Å²) in [5.74, 6) is -1.02. The highest BCUT2D eigenvalue weighted by Gasteiger charge is 2.25. The monoisotopic (exact) mass is 512 g/mol. The van der Waals surface area contributed by atoms with E-state index < -0.39 is 11.8 Å². The molecule has 2 amide bonds. The van der Waals surface area contributed by atoms with E-state index in [4.69, 9.17) is 17.0 Å². The zero-order chi connectivity index (χ0) is 19.6. The number of hydrogen-bond donors (Lipinski definition) is 2. The summed E-state index contributed by atoms with van der Waals surface area (Å²) in [4.78, 5) is 23.9. The molecule has 138 valence electrons. The van der Waals surface area contributed by atoms with Gasteiger partial charge in [0.15, 0.2) is 5.11 Å². The van der Waals surface area contributed by atoms with Crippen LogP contribution in [-0.4, -0.2) is 16.9 Å². The second kappa shape index (κ2) is 8.28. The first-order valence-corrected chi connectivity index (χ1v) is 9.58. The summed E-state index contributed by atoms with van der Waals surface area (Å²) < 4.78 is 20.6. The first-order valence-electron chi connectivity index (χ1n) is 7.59. The van der Waals surface area contributed by atoms with Gasteiger partial charge in [-0.1, -0.05) is 18.2 Å². The molecule has 1 aliphatic rings. The van der Waals surface area contributed by atoms with Crippen LogP contribution in [0, 0.1) is 5.82 Å². The lowest BCUT2D eigenvalue weighted by Gasteiger charge is -2.16. The molecule has 5 nitrogen and oxygen atoms in total. The Morgan fingerprint density at radius 3 is 2.26 bits per heavy atom. The highest BCUT2D eigenvalue weighted by Crippen LogP contribution is 2.36. The fourth-order valence-electron chi connectivity index (χ4n) is 2.34. The average molecular weight is 514 g/mol. The van der Waals surface area contributed by atoms with Gasteiger partial charge in [-0.05, 0) is 73.9 Å². The maximum Gasteiger partial charge on any atom is 0.263 e. The van der Waals surface area contributed by atoms with Crippen LogP contribution in [0.2, 0.25) is 0 Å². The van der Waals surface area contributed by atoms with Crippen molar-refractivity contribution in [3.63, 3.8) is 0 Å². The standard InChI is InChI=1S/C18H11Br2FN2O3S/c19-12-6-9(5-11-16(24)22-18(27)23-17(11)25)7-13(20)15(12)26-8-10-3-1-2-4-14(10)21/h1-7H,8H2,(H2,22,23,24,25,27). The third kappa shape index (κ3) is 4.60. The van der Waals surface area contributed by atoms with E-state index in [1.165, 1.54) is 12.1 Å². The van der Waals surface area contributed by atoms with Crippen LogP contribution >= 0.6 is 44.1 Å². The number of carbonyl (C=O) groups is 2. The summed E-state index contributed by atoms with van der Waals surface area (Å²) >= 11 is 11.6. The SMILES string of the molecule is O=C1NC(=S)NC(=O)C1=Cc1cc(Br)c(OCc2ccccc2F)c(Br)c1. The molecule has 0 spiro atoms. The number of halogens is 3. The van der Waals surface area contributed by atoms with Crippen LogP contribution in [0.4, 0.5) is 4.39 Å². The van der Waals surface area contributed by atoms with Crippen LogP contribution in [0.25, 0.3) is 6.08 Å². The van der Waals surface area contributed by atoms with Gasteiger partial charge in [0.2, 0.25) is 0 Å². The molecular weight excluding hydrogens is 503 g/mol. The Morgan fingerprint density at radius 1 is 1.07 bits per heavy atom. The number of rotatable bonds is 4. The lowest BCUT2D eigenvalue weighted by molar-refractivity contribution is -0.123. The van der Waals surface area contributed by atoms with E-state index >= 15 is 0 Å². The maximum absolute atomic E-state index is 13.7. The minimum absolute atomic E-state index is 0.0265. The number of ether oxygens (including phenoxy) is 1. The minimum atomic E-state index is -0.573. The van der Waals surface area contributed by atoms with Crippen molar-refractivity contribution in [1.29, 1.82) is 0 Å². The van der Waals surface area contributed by atoms with Crippen LogP contribution in [0.15, 0.2) is 50.9 Å². The molecule has 1 aliphatic heterocycles. The highest BCUT2D eigenvalue weighted by molar-refractivity contribution is 9.11. The van der Waals surface area contributed by atoms with Gasteiger partial charge in [-0.25, -0.2) is 4.39 Å². The molecule has 0 atom stereocenters. The third-order valence-electron chi connectivity index (χ3n) is 3.60. The number of carbonyl (C=O) groups excluding carboxylic acids is 2. The molecule has 3 rings (SSSR count). The summed E-state index contributed by atoms with van der Waals surface area (Å²) in [6, 6.07) is 9.71. The third-order valence-corrected chi connectivity index (χ3v) is 4.99. The van der Waals surface area contributed by atoms with Gasteiger partial charge >= 0.3 is 0 Å². The van der Waals surface area contributed by atoms with Gasteiger partial charge in [0.25, 0.3) is 11.8 Å². The van der Waals surface area contributed by atoms with E-state index in [9.17, 15) is 14.0 Å². The van der Waals surface area contributed by atoms with Gasteiger partial charge in [-0.2, -0.15) is 0 Å². The predicted molar refractivity (Wildman–Crippen MR) is 109 cm³/mol. The summed E-state index contributed by atoms with van der Waals surface area (Å²) in [6.45, 7) is 0.0482. The van der Waals surface area contributed by atoms with Gasteiger partial charge < -0.3 is 4.74 Å². The number of amides is 2. The van der Waals surface area contributed by atoms with Crippen molar-refractivity contribution in [1.82, 2.24) is 10.6 Å². The largest absolute Gasteiger partial charge is 0.486 e. The van der Waals surface area contributed by atoms with Crippen molar-refractivity contribution in [3.8, 4) is 5.75 Å². The average Bonchev–Trinajstić information content (AvgIpc) is 2.59. The zero-order valence-electron chi connectivity index (χ0n) is 13.5. The first-order chi connectivity index (χ1) is 12.8. The van der Waals surface area contributed by atoms with E-state index in [2.05, 4.69) is 42.5 Å². The molecule has 0 radical (unpaired) electrons. The van der Waals surface area contributed by atoms with E-state index in [1.807, 2.05) is 0 Å². The van der Waals surface area contributed by atoms with Crippen molar-refractivity contribution in [3.05, 3.63) is 67.9 Å². The van der Waals surface area contributed by atoms with Gasteiger partial charge in [0.1, 0.15) is 23.7 Å². The quantitative estimate of drug-likeness (QED) is 0.370. The second-order valence-corrected chi connectivity index (χ2v) is 7.61. The van der Waals surface area contributed by atoms with Gasteiger partial charge in [0.05, 0.1) is 8.95 Å². The molecule has 1 saturated heterocycles. The molecule has 0 bridgehead atoms. The molecule has 9 heteroatoms. The molecule has 0 unspecified atom stereocenters. The molecule has 27 heavy (non-hydrogen) atoms. The van der Waals surface area contributed by atoms with Crippen LogP contribution in [-0.2, 0) is 16.2 Å². The summed E-state index contributed by atoms with van der Waals surface area (Å²) in [5.41, 5.74) is 0.941. The molecule has 0 aromatic heterocycles. The van der Waals surface area contributed by atoms with E-state index in [0.717, 1.165) is 0 Å². The molecule has 2 N–H and O–H groups in total. The van der Waals surface area contributed by atoms with Crippen molar-refractivity contribution in [2.45, 2.75) is 6.61 Å². The van der Waals surface area contributed by atoms with Gasteiger partial charge in [-0.3, -0.25) is 20.2 Å². The normalized spacial score (nSPS) is 13.9. The molecule has 0 aliphatic carbocycles. The van der Waals surface area contributed by atoms with Crippen LogP contribution in [0.1, 0.15) is 11.1 Å². The van der Waals surface area contributed by atoms with Crippen molar-refractivity contribution in [2.24, 2.45) is 0 Å². The van der Waals surface area contributed by atoms with E-state index in [0.29, 0.717) is 25.8 Å². The Bertz CT molecular complexity index is 949. The Kier molecular flexibility index (Phi) is 6.03. The lowest BCUT2D eigenvalue weighted by Crippen LogP contribution is -2.51. The van der Waals surface area contributed by atoms with Gasteiger partial charge in [0, 0.05) is 5.56 Å². The highest BCUT2D eigenvalue weighted by atomic mass is 79.9. The number of nitrogens with one attached hydrogen (secondary N) is 2. The topological polar surface area (TPSA) is 67.4 Å². The van der Waals surface area contributed by atoms with Crippen molar-refractivity contribution >= 4 is 67.1 Å². The molecule has 0 saturated carbocycles. The summed E-state index contributed by atoms with van der Waals surface area (Å²) in [6.07, 6.45) is 1.43. The number of benzene rings is 2. The van der Waals surface area contributed by atoms with E-state index in [1.54, 1.807) is 30.3 Å². The Hall–Kier alpha value is -2.10. The molecular formula is C18H11Br2FN2O3S. The fourth-order valence-corrected chi connectivity index (χ4v) is 3.98. The first kappa shape index (κ1) is 19.7. The summed E-state index contributed by atoms with van der Waals surface area (Å²) in [5, 5.41) is 4.72. The minimum Gasteiger partial charge on any atom is -0.486 e. The Labute approximate surface area is 176 Å². The second-order valence-electron chi connectivity index (χ2n) is 5.49. The molecule has 2 aromatic carbocycles. The number of hydrogen-bond acceptors (Lipinski definition) is 4.